The minimum absolute atomic E-state index is 0.156. The molecule has 0 fully saturated rings. The van der Waals surface area contributed by atoms with E-state index in [0.717, 1.165) is 5.69 Å². The van der Waals surface area contributed by atoms with E-state index in [2.05, 4.69) is 226 Å². The van der Waals surface area contributed by atoms with Crippen LogP contribution in [0.3, 0.4) is 0 Å². The summed E-state index contributed by atoms with van der Waals surface area (Å²) in [5.74, 6) is 0. The molecule has 0 amide bonds. The van der Waals surface area contributed by atoms with Crippen molar-refractivity contribution in [3.63, 3.8) is 0 Å². The fourth-order valence-electron chi connectivity index (χ4n) is 10.2. The average molecular weight is 745 g/mol. The topological polar surface area (TPSA) is 15.3 Å². The highest BCUT2D eigenvalue weighted by Gasteiger charge is 2.39. The molecule has 0 atom stereocenters. The van der Waals surface area contributed by atoms with Crippen LogP contribution in [0.1, 0.15) is 49.9 Å². The van der Waals surface area contributed by atoms with Gasteiger partial charge in [0.1, 0.15) is 0 Å². The first-order valence-electron chi connectivity index (χ1n) is 20.5. The fourth-order valence-corrected chi connectivity index (χ4v) is 10.2. The van der Waals surface area contributed by atoms with Crippen LogP contribution in [0, 0.1) is 0 Å². The molecule has 0 unspecified atom stereocenters. The van der Waals surface area contributed by atoms with Crippen LogP contribution >= 0.6 is 0 Å². The predicted octanol–water partition coefficient (Wildman–Crippen LogP) is 15.5. The maximum atomic E-state index is 3.91. The Bertz CT molecular complexity index is 3080. The third kappa shape index (κ3) is 4.98. The lowest BCUT2D eigenvalue weighted by molar-refractivity contribution is 0.632. The molecule has 278 valence electrons. The number of hydrogen-bond donors (Lipinski definition) is 1. The van der Waals surface area contributed by atoms with Crippen LogP contribution < -0.4 is 10.2 Å². The standard InChI is InChI=1S/C56H44N2/c1-55(2)46-29-11-13-33-50(46)57-53-42(27-17-31-48(53)55)38-23-15-25-40-44(38)35-45-39(24-16-26-41(45)52(40)36-19-7-5-8-20-36)43-28-18-32-49-54(43)58(37-21-9-6-10-22-37)51-34-14-12-30-47(51)56(49,3)4/h5-35,57H,1-4H3. The highest BCUT2D eigenvalue weighted by Crippen LogP contribution is 2.56. The monoisotopic (exact) mass is 744 g/mol. The zero-order valence-corrected chi connectivity index (χ0v) is 33.3. The van der Waals surface area contributed by atoms with E-state index in [-0.39, 0.29) is 10.8 Å². The fraction of sp³-hybridized carbons (Fsp3) is 0.107. The van der Waals surface area contributed by atoms with Crippen molar-refractivity contribution in [2.45, 2.75) is 38.5 Å². The van der Waals surface area contributed by atoms with E-state index in [1.807, 2.05) is 0 Å². The number of anilines is 5. The zero-order valence-electron chi connectivity index (χ0n) is 33.3. The second-order valence-electron chi connectivity index (χ2n) is 17.0. The van der Waals surface area contributed by atoms with Gasteiger partial charge >= 0.3 is 0 Å². The van der Waals surface area contributed by atoms with E-state index < -0.39 is 0 Å². The molecule has 0 radical (unpaired) electrons. The molecule has 2 heteroatoms. The van der Waals surface area contributed by atoms with Crippen LogP contribution in [0.4, 0.5) is 28.4 Å². The highest BCUT2D eigenvalue weighted by atomic mass is 15.2. The predicted molar refractivity (Wildman–Crippen MR) is 246 cm³/mol. The van der Waals surface area contributed by atoms with Gasteiger partial charge in [-0.2, -0.15) is 0 Å². The summed E-state index contributed by atoms with van der Waals surface area (Å²) in [6, 6.07) is 69.6. The van der Waals surface area contributed by atoms with Gasteiger partial charge in [0, 0.05) is 33.3 Å². The Kier molecular flexibility index (Phi) is 7.59. The average Bonchev–Trinajstić information content (AvgIpc) is 3.26. The van der Waals surface area contributed by atoms with E-state index in [1.165, 1.54) is 99.9 Å². The summed E-state index contributed by atoms with van der Waals surface area (Å²) in [6.45, 7) is 9.46. The van der Waals surface area contributed by atoms with Crippen LogP contribution in [-0.2, 0) is 10.8 Å². The van der Waals surface area contributed by atoms with Crippen LogP contribution in [0.25, 0.3) is 54.9 Å². The number of hydrogen-bond acceptors (Lipinski definition) is 2. The SMILES string of the molecule is CC1(C)c2ccccc2Nc2c(-c3cccc4c(-c5ccccc5)c5cccc(-c6cccc7c6N(c6ccccc6)c6ccccc6C7(C)C)c5cc34)cccc21. The summed E-state index contributed by atoms with van der Waals surface area (Å²) in [5, 5.41) is 8.89. The number of para-hydroxylation sites is 5. The van der Waals surface area contributed by atoms with Gasteiger partial charge < -0.3 is 10.2 Å². The molecule has 9 aromatic rings. The molecule has 2 heterocycles. The summed E-state index contributed by atoms with van der Waals surface area (Å²) in [7, 11) is 0. The van der Waals surface area contributed by atoms with Crippen molar-refractivity contribution in [2.75, 3.05) is 10.2 Å². The minimum atomic E-state index is -0.210. The molecule has 11 rings (SSSR count). The first-order chi connectivity index (χ1) is 28.3. The Morgan fingerprint density at radius 3 is 1.64 bits per heavy atom. The van der Waals surface area contributed by atoms with Gasteiger partial charge in [0.2, 0.25) is 0 Å². The molecule has 0 spiro atoms. The Hall–Kier alpha value is -6.90. The highest BCUT2D eigenvalue weighted by molar-refractivity contribution is 6.20. The first-order valence-corrected chi connectivity index (χ1v) is 20.5. The molecular weight excluding hydrogens is 701 g/mol. The molecule has 0 aliphatic carbocycles. The Labute approximate surface area is 341 Å². The van der Waals surface area contributed by atoms with Crippen molar-refractivity contribution in [3.05, 3.63) is 210 Å². The van der Waals surface area contributed by atoms with Gasteiger partial charge in [-0.3, -0.25) is 0 Å². The lowest BCUT2D eigenvalue weighted by Crippen LogP contribution is -2.31. The molecule has 2 aliphatic rings. The second kappa shape index (κ2) is 12.8. The van der Waals surface area contributed by atoms with E-state index in [1.54, 1.807) is 0 Å². The second-order valence-corrected chi connectivity index (χ2v) is 17.0. The molecule has 2 aliphatic heterocycles. The van der Waals surface area contributed by atoms with Crippen molar-refractivity contribution >= 4 is 50.0 Å². The van der Waals surface area contributed by atoms with Gasteiger partial charge in [-0.15, -0.1) is 0 Å². The van der Waals surface area contributed by atoms with Crippen LogP contribution in [0.2, 0.25) is 0 Å². The van der Waals surface area contributed by atoms with Gasteiger partial charge in [-0.05, 0) is 96.4 Å². The molecule has 1 N–H and O–H groups in total. The Morgan fingerprint density at radius 2 is 0.914 bits per heavy atom. The molecule has 58 heavy (non-hydrogen) atoms. The summed E-state index contributed by atoms with van der Waals surface area (Å²) in [6.07, 6.45) is 0. The molecule has 9 aromatic carbocycles. The molecule has 0 saturated carbocycles. The molecule has 0 bridgehead atoms. The summed E-state index contributed by atoms with van der Waals surface area (Å²) < 4.78 is 0. The summed E-state index contributed by atoms with van der Waals surface area (Å²) >= 11 is 0. The first kappa shape index (κ1) is 34.4. The van der Waals surface area contributed by atoms with Gasteiger partial charge in [0.15, 0.2) is 0 Å². The van der Waals surface area contributed by atoms with Crippen LogP contribution in [0.5, 0.6) is 0 Å². The molecule has 2 nitrogen and oxygen atoms in total. The largest absolute Gasteiger partial charge is 0.355 e. The third-order valence-electron chi connectivity index (χ3n) is 13.0. The van der Waals surface area contributed by atoms with E-state index in [0.29, 0.717) is 0 Å². The zero-order chi connectivity index (χ0) is 39.2. The molecule has 0 aromatic heterocycles. The number of fused-ring (bicyclic) bond motifs is 6. The van der Waals surface area contributed by atoms with Gasteiger partial charge in [0.25, 0.3) is 0 Å². The smallest absolute Gasteiger partial charge is 0.0581 e. The normalized spacial score (nSPS) is 14.6. The molecular formula is C56H44N2. The maximum Gasteiger partial charge on any atom is 0.0581 e. The lowest BCUT2D eigenvalue weighted by Gasteiger charge is -2.43. The van der Waals surface area contributed by atoms with Crippen LogP contribution in [0.15, 0.2) is 188 Å². The summed E-state index contributed by atoms with van der Waals surface area (Å²) in [4.78, 5) is 2.50. The van der Waals surface area contributed by atoms with E-state index >= 15 is 0 Å². The van der Waals surface area contributed by atoms with Gasteiger partial charge in [0.05, 0.1) is 17.1 Å². The van der Waals surface area contributed by atoms with Gasteiger partial charge in [-0.25, -0.2) is 0 Å². The Balaban J connectivity index is 1.23. The minimum Gasteiger partial charge on any atom is -0.355 e. The lowest BCUT2D eigenvalue weighted by atomic mass is 9.72. The van der Waals surface area contributed by atoms with Crippen LogP contribution in [-0.4, -0.2) is 0 Å². The number of nitrogens with zero attached hydrogens (tertiary/aromatic N) is 1. The van der Waals surface area contributed by atoms with Crippen molar-refractivity contribution < 1.29 is 0 Å². The van der Waals surface area contributed by atoms with Crippen molar-refractivity contribution in [1.82, 2.24) is 0 Å². The third-order valence-corrected chi connectivity index (χ3v) is 13.0. The number of rotatable bonds is 4. The quantitative estimate of drug-likeness (QED) is 0.181. The molecule has 0 saturated heterocycles. The van der Waals surface area contributed by atoms with Crippen molar-refractivity contribution in [1.29, 1.82) is 0 Å². The maximum absolute atomic E-state index is 3.91. The van der Waals surface area contributed by atoms with Crippen molar-refractivity contribution in [2.24, 2.45) is 0 Å². The van der Waals surface area contributed by atoms with Crippen molar-refractivity contribution in [3.8, 4) is 33.4 Å². The number of nitrogens with one attached hydrogen (secondary N) is 1. The Morgan fingerprint density at radius 1 is 0.397 bits per heavy atom. The number of benzene rings is 9. The van der Waals surface area contributed by atoms with E-state index in [9.17, 15) is 0 Å². The summed E-state index contributed by atoms with van der Waals surface area (Å²) in [5.41, 5.74) is 18.2. The van der Waals surface area contributed by atoms with Gasteiger partial charge in [-0.1, -0.05) is 185 Å². The van der Waals surface area contributed by atoms with E-state index in [4.69, 9.17) is 0 Å².